The Labute approximate surface area is 116 Å². The number of anilines is 2. The number of nitrogens with zero attached hydrogens (tertiary/aromatic N) is 3. The van der Waals surface area contributed by atoms with Crippen molar-refractivity contribution in [2.45, 2.75) is 44.8 Å². The molecule has 0 amide bonds. The van der Waals surface area contributed by atoms with Crippen molar-refractivity contribution in [2.24, 2.45) is 5.92 Å². The minimum atomic E-state index is -4.58. The average Bonchev–Trinajstić information content (AvgIpc) is 2.37. The van der Waals surface area contributed by atoms with Gasteiger partial charge in [0, 0.05) is 19.2 Å². The Balaban J connectivity index is 2.21. The number of aromatic nitrogens is 2. The summed E-state index contributed by atoms with van der Waals surface area (Å²) >= 11 is 0. The van der Waals surface area contributed by atoms with Crippen molar-refractivity contribution in [3.8, 4) is 0 Å². The van der Waals surface area contributed by atoms with Crippen LogP contribution < -0.4 is 10.6 Å². The van der Waals surface area contributed by atoms with Gasteiger partial charge in [0.15, 0.2) is 0 Å². The lowest BCUT2D eigenvalue weighted by Crippen LogP contribution is -2.35. The normalized spacial score (nSPS) is 23.6. The number of nitrogens with two attached hydrogens (primary N) is 1. The molecule has 2 rings (SSSR count). The first-order valence-electron chi connectivity index (χ1n) is 6.72. The summed E-state index contributed by atoms with van der Waals surface area (Å²) in [6, 6.07) is 1.61. The van der Waals surface area contributed by atoms with Crippen LogP contribution in [0.15, 0.2) is 6.07 Å². The van der Waals surface area contributed by atoms with Gasteiger partial charge in [-0.3, -0.25) is 0 Å². The van der Waals surface area contributed by atoms with E-state index in [2.05, 4.69) is 16.9 Å². The fraction of sp³-hybridized carbons (Fsp3) is 0.692. The van der Waals surface area contributed by atoms with Gasteiger partial charge in [0.05, 0.1) is 0 Å². The van der Waals surface area contributed by atoms with Gasteiger partial charge in [0.1, 0.15) is 11.6 Å². The third-order valence-electron chi connectivity index (χ3n) is 3.88. The summed E-state index contributed by atoms with van der Waals surface area (Å²) in [6.07, 6.45) is -0.485. The summed E-state index contributed by atoms with van der Waals surface area (Å²) in [7, 11) is 1.77. The summed E-state index contributed by atoms with van der Waals surface area (Å²) in [4.78, 5) is 8.66. The van der Waals surface area contributed by atoms with Crippen LogP contribution in [0.5, 0.6) is 0 Å². The number of rotatable bonds is 2. The highest BCUT2D eigenvalue weighted by Gasteiger charge is 2.36. The van der Waals surface area contributed by atoms with Crippen molar-refractivity contribution in [1.82, 2.24) is 9.97 Å². The zero-order chi connectivity index (χ0) is 14.9. The zero-order valence-corrected chi connectivity index (χ0v) is 11.6. The molecule has 1 aromatic heterocycles. The molecule has 0 atom stereocenters. The number of hydrogen-bond acceptors (Lipinski definition) is 4. The van der Waals surface area contributed by atoms with Crippen molar-refractivity contribution >= 4 is 11.6 Å². The molecule has 0 unspecified atom stereocenters. The van der Waals surface area contributed by atoms with Crippen LogP contribution in [-0.4, -0.2) is 23.1 Å². The second-order valence-electron chi connectivity index (χ2n) is 5.50. The first kappa shape index (κ1) is 14.9. The topological polar surface area (TPSA) is 55.0 Å². The Hall–Kier alpha value is -1.53. The van der Waals surface area contributed by atoms with Gasteiger partial charge in [0.25, 0.3) is 0 Å². The molecule has 20 heavy (non-hydrogen) atoms. The summed E-state index contributed by atoms with van der Waals surface area (Å²) in [5, 5.41) is 0. The molecule has 2 N–H and O–H groups in total. The molecular weight excluding hydrogens is 269 g/mol. The Morgan fingerprint density at radius 2 is 1.80 bits per heavy atom. The predicted molar refractivity (Wildman–Crippen MR) is 71.3 cm³/mol. The second kappa shape index (κ2) is 5.46. The molecule has 0 radical (unpaired) electrons. The van der Waals surface area contributed by atoms with Gasteiger partial charge in [-0.25, -0.2) is 9.97 Å². The van der Waals surface area contributed by atoms with Gasteiger partial charge < -0.3 is 10.6 Å². The van der Waals surface area contributed by atoms with E-state index in [1.165, 1.54) is 6.07 Å². The van der Waals surface area contributed by atoms with Crippen LogP contribution >= 0.6 is 0 Å². The van der Waals surface area contributed by atoms with Gasteiger partial charge in [-0.2, -0.15) is 13.2 Å². The van der Waals surface area contributed by atoms with Crippen LogP contribution in [0.1, 0.15) is 38.4 Å². The molecule has 112 valence electrons. The van der Waals surface area contributed by atoms with E-state index in [-0.39, 0.29) is 17.7 Å². The number of halogens is 3. The lowest BCUT2D eigenvalue weighted by molar-refractivity contribution is -0.144. The highest BCUT2D eigenvalue weighted by Crippen LogP contribution is 2.31. The van der Waals surface area contributed by atoms with E-state index in [1.807, 2.05) is 0 Å². The summed E-state index contributed by atoms with van der Waals surface area (Å²) in [5.74, 6) is -0.410. The van der Waals surface area contributed by atoms with Gasteiger partial charge in [-0.1, -0.05) is 6.92 Å². The third kappa shape index (κ3) is 3.32. The standard InChI is InChI=1S/C13H19F3N4/c1-8-3-5-9(6-4-8)20(2)11-7-10(17)18-12(19-11)13(14,15)16/h7-9H,3-6H2,1-2H3,(H2,17,18,19). The molecule has 1 heterocycles. The van der Waals surface area contributed by atoms with Crippen LogP contribution in [-0.2, 0) is 6.18 Å². The highest BCUT2D eigenvalue weighted by atomic mass is 19.4. The molecule has 0 aromatic carbocycles. The van der Waals surface area contributed by atoms with E-state index in [0.29, 0.717) is 5.92 Å². The van der Waals surface area contributed by atoms with E-state index in [9.17, 15) is 13.2 Å². The van der Waals surface area contributed by atoms with Crippen LogP contribution in [0.4, 0.5) is 24.8 Å². The fourth-order valence-corrected chi connectivity index (χ4v) is 2.58. The van der Waals surface area contributed by atoms with Gasteiger partial charge >= 0.3 is 6.18 Å². The van der Waals surface area contributed by atoms with Gasteiger partial charge in [-0.15, -0.1) is 0 Å². The van der Waals surface area contributed by atoms with Crippen molar-refractivity contribution in [3.63, 3.8) is 0 Å². The van der Waals surface area contributed by atoms with Crippen LogP contribution in [0.25, 0.3) is 0 Å². The Morgan fingerprint density at radius 3 is 2.35 bits per heavy atom. The molecule has 0 saturated heterocycles. The fourth-order valence-electron chi connectivity index (χ4n) is 2.58. The lowest BCUT2D eigenvalue weighted by atomic mass is 9.87. The van der Waals surface area contributed by atoms with Gasteiger partial charge in [-0.05, 0) is 31.6 Å². The minimum Gasteiger partial charge on any atom is -0.384 e. The highest BCUT2D eigenvalue weighted by molar-refractivity contribution is 5.47. The van der Waals surface area contributed by atoms with Crippen LogP contribution in [0, 0.1) is 5.92 Å². The van der Waals surface area contributed by atoms with Crippen molar-refractivity contribution in [3.05, 3.63) is 11.9 Å². The molecule has 0 bridgehead atoms. The summed E-state index contributed by atoms with van der Waals surface area (Å²) in [6.45, 7) is 2.20. The zero-order valence-electron chi connectivity index (χ0n) is 11.6. The smallest absolute Gasteiger partial charge is 0.384 e. The quantitative estimate of drug-likeness (QED) is 0.908. The number of nitrogen functional groups attached to an aromatic ring is 1. The molecule has 1 aromatic rings. The lowest BCUT2D eigenvalue weighted by Gasteiger charge is -2.34. The average molecular weight is 288 g/mol. The van der Waals surface area contributed by atoms with E-state index in [4.69, 9.17) is 5.73 Å². The first-order valence-corrected chi connectivity index (χ1v) is 6.72. The molecule has 1 aliphatic rings. The molecule has 1 fully saturated rings. The maximum absolute atomic E-state index is 12.7. The largest absolute Gasteiger partial charge is 0.451 e. The Morgan fingerprint density at radius 1 is 1.20 bits per heavy atom. The van der Waals surface area contributed by atoms with Gasteiger partial charge in [0.2, 0.25) is 5.82 Å². The van der Waals surface area contributed by atoms with Crippen molar-refractivity contribution in [2.75, 3.05) is 17.7 Å². The Kier molecular flexibility index (Phi) is 4.06. The van der Waals surface area contributed by atoms with Crippen LogP contribution in [0.2, 0.25) is 0 Å². The molecule has 4 nitrogen and oxygen atoms in total. The van der Waals surface area contributed by atoms with E-state index in [1.54, 1.807) is 11.9 Å². The second-order valence-corrected chi connectivity index (χ2v) is 5.50. The molecule has 0 aliphatic heterocycles. The molecular formula is C13H19F3N4. The SMILES string of the molecule is CC1CCC(N(C)c2cc(N)nc(C(F)(F)F)n2)CC1. The summed E-state index contributed by atoms with van der Waals surface area (Å²) in [5.41, 5.74) is 5.47. The Bertz CT molecular complexity index is 467. The molecule has 1 aliphatic carbocycles. The van der Waals surface area contributed by atoms with Crippen LogP contribution in [0.3, 0.4) is 0 Å². The monoisotopic (exact) mass is 288 g/mol. The summed E-state index contributed by atoms with van der Waals surface area (Å²) < 4.78 is 38.1. The van der Waals surface area contributed by atoms with E-state index < -0.39 is 12.0 Å². The van der Waals surface area contributed by atoms with Crippen molar-refractivity contribution in [1.29, 1.82) is 0 Å². The van der Waals surface area contributed by atoms with E-state index in [0.717, 1.165) is 25.7 Å². The molecule has 0 spiro atoms. The molecule has 7 heteroatoms. The third-order valence-corrected chi connectivity index (χ3v) is 3.88. The van der Waals surface area contributed by atoms with E-state index >= 15 is 0 Å². The molecule has 1 saturated carbocycles. The maximum Gasteiger partial charge on any atom is 0.451 e. The maximum atomic E-state index is 12.7. The van der Waals surface area contributed by atoms with Crippen molar-refractivity contribution < 1.29 is 13.2 Å². The first-order chi connectivity index (χ1) is 9.27. The number of alkyl halides is 3. The predicted octanol–water partition coefficient (Wildman–Crippen LogP) is 3.09. The minimum absolute atomic E-state index is 0.154. The number of hydrogen-bond donors (Lipinski definition) is 1.